The van der Waals surface area contributed by atoms with E-state index in [-0.39, 0.29) is 16.4 Å². The van der Waals surface area contributed by atoms with Crippen LogP contribution in [0.25, 0.3) is 0 Å². The SMILES string of the molecule is Cc1oc(C(=O)O)cc1S(=O)(=O)N(C)CC1CCC1. The smallest absolute Gasteiger partial charge is 0.371 e. The first kappa shape index (κ1) is 14.1. The quantitative estimate of drug-likeness (QED) is 0.890. The Bertz CT molecular complexity index is 585. The Morgan fingerprint density at radius 2 is 2.16 bits per heavy atom. The van der Waals surface area contributed by atoms with Crippen molar-refractivity contribution in [3.05, 3.63) is 17.6 Å². The van der Waals surface area contributed by atoms with Crippen LogP contribution in [0.1, 0.15) is 35.6 Å². The largest absolute Gasteiger partial charge is 0.475 e. The fourth-order valence-electron chi connectivity index (χ4n) is 2.13. The van der Waals surface area contributed by atoms with E-state index >= 15 is 0 Å². The molecule has 0 unspecified atom stereocenters. The van der Waals surface area contributed by atoms with Crippen molar-refractivity contribution in [2.24, 2.45) is 5.92 Å². The van der Waals surface area contributed by atoms with Crippen molar-refractivity contribution in [2.75, 3.05) is 13.6 Å². The summed E-state index contributed by atoms with van der Waals surface area (Å²) in [6.45, 7) is 1.92. The second-order valence-electron chi connectivity index (χ2n) is 4.92. The minimum absolute atomic E-state index is 0.0632. The molecule has 0 amide bonds. The third kappa shape index (κ3) is 2.66. The molecule has 6 nitrogen and oxygen atoms in total. The topological polar surface area (TPSA) is 87.8 Å². The molecule has 1 heterocycles. The number of hydrogen-bond acceptors (Lipinski definition) is 4. The highest BCUT2D eigenvalue weighted by Gasteiger charge is 2.30. The number of carbonyl (C=O) groups is 1. The number of nitrogens with zero attached hydrogens (tertiary/aromatic N) is 1. The van der Waals surface area contributed by atoms with E-state index in [0.29, 0.717) is 12.5 Å². The van der Waals surface area contributed by atoms with Crippen LogP contribution in [0, 0.1) is 12.8 Å². The molecule has 0 atom stereocenters. The number of aryl methyl sites for hydroxylation is 1. The number of aromatic carboxylic acids is 1. The third-order valence-electron chi connectivity index (χ3n) is 3.51. The highest BCUT2D eigenvalue weighted by atomic mass is 32.2. The second kappa shape index (κ2) is 4.97. The number of carboxylic acid groups (broad SMARTS) is 1. The molecule has 0 aromatic carbocycles. The van der Waals surface area contributed by atoms with Crippen molar-refractivity contribution in [2.45, 2.75) is 31.1 Å². The van der Waals surface area contributed by atoms with Gasteiger partial charge in [0.15, 0.2) is 0 Å². The van der Waals surface area contributed by atoms with Crippen LogP contribution in [0.2, 0.25) is 0 Å². The summed E-state index contributed by atoms with van der Waals surface area (Å²) >= 11 is 0. The number of furan rings is 1. The van der Waals surface area contributed by atoms with Crippen molar-refractivity contribution in [3.8, 4) is 0 Å². The molecule has 0 spiro atoms. The molecule has 0 saturated heterocycles. The van der Waals surface area contributed by atoms with Gasteiger partial charge in [0.05, 0.1) is 0 Å². The van der Waals surface area contributed by atoms with E-state index in [1.807, 2.05) is 0 Å². The van der Waals surface area contributed by atoms with E-state index < -0.39 is 16.0 Å². The monoisotopic (exact) mass is 287 g/mol. The Kier molecular flexibility index (Phi) is 3.69. The zero-order valence-corrected chi connectivity index (χ0v) is 11.7. The molecule has 1 aromatic rings. The first-order valence-corrected chi connectivity index (χ1v) is 7.56. The molecule has 0 bridgehead atoms. The molecule has 7 heteroatoms. The van der Waals surface area contributed by atoms with E-state index in [9.17, 15) is 13.2 Å². The van der Waals surface area contributed by atoms with E-state index in [4.69, 9.17) is 9.52 Å². The van der Waals surface area contributed by atoms with Crippen molar-refractivity contribution >= 4 is 16.0 Å². The first-order valence-electron chi connectivity index (χ1n) is 6.12. The molecule has 1 saturated carbocycles. The zero-order valence-electron chi connectivity index (χ0n) is 10.9. The van der Waals surface area contributed by atoms with Crippen LogP contribution in [0.3, 0.4) is 0 Å². The van der Waals surface area contributed by atoms with Gasteiger partial charge in [-0.15, -0.1) is 0 Å². The first-order chi connectivity index (χ1) is 8.82. The third-order valence-corrected chi connectivity index (χ3v) is 5.44. The second-order valence-corrected chi connectivity index (χ2v) is 6.93. The van der Waals surface area contributed by atoms with Crippen LogP contribution in [-0.2, 0) is 10.0 Å². The molecule has 0 radical (unpaired) electrons. The van der Waals surface area contributed by atoms with Crippen molar-refractivity contribution < 1.29 is 22.7 Å². The number of sulfonamides is 1. The fraction of sp³-hybridized carbons (Fsp3) is 0.583. The molecule has 1 aliphatic carbocycles. The van der Waals surface area contributed by atoms with Crippen LogP contribution in [0.5, 0.6) is 0 Å². The molecule has 1 aliphatic rings. The van der Waals surface area contributed by atoms with Crippen molar-refractivity contribution in [3.63, 3.8) is 0 Å². The van der Waals surface area contributed by atoms with Crippen LogP contribution in [0.15, 0.2) is 15.4 Å². The highest BCUT2D eigenvalue weighted by Crippen LogP contribution is 2.29. The summed E-state index contributed by atoms with van der Waals surface area (Å²) in [6, 6.07) is 1.07. The van der Waals surface area contributed by atoms with Gasteiger partial charge in [-0.3, -0.25) is 0 Å². The van der Waals surface area contributed by atoms with Crippen LogP contribution < -0.4 is 0 Å². The number of rotatable bonds is 5. The minimum Gasteiger partial charge on any atom is -0.475 e. The Balaban J connectivity index is 2.25. The van der Waals surface area contributed by atoms with Gasteiger partial charge >= 0.3 is 5.97 Å². The van der Waals surface area contributed by atoms with Gasteiger partial charge in [-0.2, -0.15) is 0 Å². The zero-order chi connectivity index (χ0) is 14.2. The lowest BCUT2D eigenvalue weighted by atomic mass is 9.86. The summed E-state index contributed by atoms with van der Waals surface area (Å²) in [5, 5.41) is 8.82. The summed E-state index contributed by atoms with van der Waals surface area (Å²) in [5.41, 5.74) is 0. The van der Waals surface area contributed by atoms with Gasteiger partial charge < -0.3 is 9.52 Å². The lowest BCUT2D eigenvalue weighted by Crippen LogP contribution is -2.34. The van der Waals surface area contributed by atoms with Gasteiger partial charge in [0.1, 0.15) is 10.7 Å². The molecular weight excluding hydrogens is 270 g/mol. The van der Waals surface area contributed by atoms with Gasteiger partial charge in [0, 0.05) is 19.7 Å². The molecule has 19 heavy (non-hydrogen) atoms. The maximum atomic E-state index is 12.3. The van der Waals surface area contributed by atoms with E-state index in [0.717, 1.165) is 25.3 Å². The average molecular weight is 287 g/mol. The summed E-state index contributed by atoms with van der Waals surface area (Å²) < 4.78 is 30.9. The molecular formula is C12H17NO5S. The van der Waals surface area contributed by atoms with Gasteiger partial charge in [-0.1, -0.05) is 6.42 Å². The molecule has 106 valence electrons. The van der Waals surface area contributed by atoms with Crippen molar-refractivity contribution in [1.82, 2.24) is 4.31 Å². The molecule has 2 rings (SSSR count). The minimum atomic E-state index is -3.68. The van der Waals surface area contributed by atoms with E-state index in [1.165, 1.54) is 18.3 Å². The molecule has 0 aliphatic heterocycles. The average Bonchev–Trinajstić information content (AvgIpc) is 2.66. The lowest BCUT2D eigenvalue weighted by Gasteiger charge is -2.29. The predicted molar refractivity (Wildman–Crippen MR) is 67.6 cm³/mol. The summed E-state index contributed by atoms with van der Waals surface area (Å²) in [4.78, 5) is 10.7. The van der Waals surface area contributed by atoms with Gasteiger partial charge in [0.25, 0.3) is 0 Å². The van der Waals surface area contributed by atoms with E-state index in [2.05, 4.69) is 0 Å². The van der Waals surface area contributed by atoms with Gasteiger partial charge in [-0.05, 0) is 25.7 Å². The number of hydrogen-bond donors (Lipinski definition) is 1. The van der Waals surface area contributed by atoms with Crippen LogP contribution >= 0.6 is 0 Å². The normalized spacial score (nSPS) is 16.6. The van der Waals surface area contributed by atoms with Crippen LogP contribution in [-0.4, -0.2) is 37.4 Å². The molecule has 1 aromatic heterocycles. The Hall–Kier alpha value is -1.34. The highest BCUT2D eigenvalue weighted by molar-refractivity contribution is 7.89. The maximum Gasteiger partial charge on any atom is 0.371 e. The maximum absolute atomic E-state index is 12.3. The van der Waals surface area contributed by atoms with Gasteiger partial charge in [-0.25, -0.2) is 17.5 Å². The lowest BCUT2D eigenvalue weighted by molar-refractivity contribution is 0.0661. The Labute approximate surface area is 112 Å². The molecule has 1 N–H and O–H groups in total. The van der Waals surface area contributed by atoms with Crippen molar-refractivity contribution in [1.29, 1.82) is 0 Å². The van der Waals surface area contributed by atoms with E-state index in [1.54, 1.807) is 0 Å². The molecule has 1 fully saturated rings. The summed E-state index contributed by atoms with van der Waals surface area (Å²) in [5.74, 6) is -1.11. The Morgan fingerprint density at radius 3 is 2.58 bits per heavy atom. The van der Waals surface area contributed by atoms with Crippen LogP contribution in [0.4, 0.5) is 0 Å². The Morgan fingerprint density at radius 1 is 1.53 bits per heavy atom. The summed E-state index contributed by atoms with van der Waals surface area (Å²) in [7, 11) is -2.16. The standard InChI is InChI=1S/C12H17NO5S/c1-8-11(6-10(18-8)12(14)15)19(16,17)13(2)7-9-4-3-5-9/h6,9H,3-5,7H2,1-2H3,(H,14,15). The predicted octanol–water partition coefficient (Wildman–Crippen LogP) is 1.71. The van der Waals surface area contributed by atoms with Gasteiger partial charge in [0.2, 0.25) is 15.8 Å². The fourth-order valence-corrected chi connectivity index (χ4v) is 3.54. The number of carboxylic acids is 1. The summed E-state index contributed by atoms with van der Waals surface area (Å²) in [6.07, 6.45) is 3.24.